The smallest absolute Gasteiger partial charge is 0.222 e. The summed E-state index contributed by atoms with van der Waals surface area (Å²) in [7, 11) is 0. The number of carbonyl (C=O) groups excluding carboxylic acids is 1. The molecule has 1 aliphatic rings. The molecule has 1 aliphatic heterocycles. The van der Waals surface area contributed by atoms with Gasteiger partial charge in [-0.05, 0) is 34.4 Å². The molecule has 24 heavy (non-hydrogen) atoms. The molecule has 1 aromatic heterocycles. The Balaban J connectivity index is 1.37. The van der Waals surface area contributed by atoms with Gasteiger partial charge >= 0.3 is 0 Å². The van der Waals surface area contributed by atoms with Crippen molar-refractivity contribution in [1.82, 2.24) is 9.80 Å². The molecule has 1 fully saturated rings. The number of carbonyl (C=O) groups is 1. The number of aryl methyl sites for hydroxylation is 1. The van der Waals surface area contributed by atoms with E-state index in [1.54, 1.807) is 11.3 Å². The molecule has 0 saturated carbocycles. The molecule has 126 valence electrons. The van der Waals surface area contributed by atoms with Crippen LogP contribution in [0.3, 0.4) is 0 Å². The molecule has 1 aromatic carbocycles. The van der Waals surface area contributed by atoms with Crippen molar-refractivity contribution in [3.8, 4) is 0 Å². The summed E-state index contributed by atoms with van der Waals surface area (Å²) in [6.45, 7) is 4.57. The molecule has 0 radical (unpaired) electrons. The third kappa shape index (κ3) is 5.05. The van der Waals surface area contributed by atoms with E-state index in [-0.39, 0.29) is 0 Å². The van der Waals surface area contributed by atoms with Gasteiger partial charge in [0.1, 0.15) is 0 Å². The van der Waals surface area contributed by atoms with Crippen LogP contribution in [0.25, 0.3) is 6.08 Å². The molecule has 2 aromatic rings. The van der Waals surface area contributed by atoms with Gasteiger partial charge in [-0.2, -0.15) is 11.3 Å². The molecule has 3 nitrogen and oxygen atoms in total. The average molecular weight is 340 g/mol. The highest BCUT2D eigenvalue weighted by molar-refractivity contribution is 7.07. The van der Waals surface area contributed by atoms with Gasteiger partial charge in [-0.25, -0.2) is 0 Å². The van der Waals surface area contributed by atoms with Gasteiger partial charge < -0.3 is 4.90 Å². The minimum Gasteiger partial charge on any atom is -0.340 e. The summed E-state index contributed by atoms with van der Waals surface area (Å²) >= 11 is 1.70. The van der Waals surface area contributed by atoms with Crippen molar-refractivity contribution in [3.05, 3.63) is 64.4 Å². The zero-order valence-electron chi connectivity index (χ0n) is 13.9. The Labute approximate surface area is 148 Å². The van der Waals surface area contributed by atoms with Crippen LogP contribution in [-0.2, 0) is 11.2 Å². The molecule has 3 rings (SSSR count). The normalized spacial score (nSPS) is 15.9. The number of piperazine rings is 1. The second-order valence-electron chi connectivity index (χ2n) is 6.13. The van der Waals surface area contributed by atoms with Gasteiger partial charge in [0.05, 0.1) is 0 Å². The fourth-order valence-electron chi connectivity index (χ4n) is 2.93. The molecule has 0 bridgehead atoms. The predicted octanol–water partition coefficient (Wildman–Crippen LogP) is 3.54. The van der Waals surface area contributed by atoms with Crippen LogP contribution in [0.5, 0.6) is 0 Å². The molecule has 1 amide bonds. The van der Waals surface area contributed by atoms with E-state index in [0.29, 0.717) is 12.3 Å². The van der Waals surface area contributed by atoms with Crippen LogP contribution in [0, 0.1) is 0 Å². The van der Waals surface area contributed by atoms with Gasteiger partial charge in [-0.15, -0.1) is 0 Å². The van der Waals surface area contributed by atoms with Crippen molar-refractivity contribution in [2.24, 2.45) is 0 Å². The lowest BCUT2D eigenvalue weighted by Gasteiger charge is -2.34. The third-order valence-corrected chi connectivity index (χ3v) is 5.14. The summed E-state index contributed by atoms with van der Waals surface area (Å²) in [5.41, 5.74) is 2.51. The summed E-state index contributed by atoms with van der Waals surface area (Å²) in [5.74, 6) is 0.292. The molecule has 0 aliphatic carbocycles. The van der Waals surface area contributed by atoms with Crippen LogP contribution in [0.2, 0.25) is 0 Å². The van der Waals surface area contributed by atoms with Gasteiger partial charge in [0.25, 0.3) is 0 Å². The van der Waals surface area contributed by atoms with E-state index < -0.39 is 0 Å². The lowest BCUT2D eigenvalue weighted by atomic mass is 10.1. The van der Waals surface area contributed by atoms with E-state index >= 15 is 0 Å². The Bertz CT molecular complexity index is 644. The van der Waals surface area contributed by atoms with Gasteiger partial charge in [-0.1, -0.05) is 42.5 Å². The molecule has 2 heterocycles. The number of rotatable bonds is 6. The second kappa shape index (κ2) is 8.81. The first-order valence-corrected chi connectivity index (χ1v) is 9.48. The highest BCUT2D eigenvalue weighted by Gasteiger charge is 2.19. The minimum atomic E-state index is 0.292. The highest BCUT2D eigenvalue weighted by atomic mass is 32.1. The SMILES string of the molecule is O=C(CCc1ccsc1)N1CCN(CC=Cc2ccccc2)CC1. The van der Waals surface area contributed by atoms with Crippen LogP contribution in [-0.4, -0.2) is 48.4 Å². The number of hydrogen-bond acceptors (Lipinski definition) is 3. The molecule has 0 N–H and O–H groups in total. The predicted molar refractivity (Wildman–Crippen MR) is 101 cm³/mol. The van der Waals surface area contributed by atoms with Crippen molar-refractivity contribution in [3.63, 3.8) is 0 Å². The zero-order chi connectivity index (χ0) is 16.6. The molecule has 0 atom stereocenters. The summed E-state index contributed by atoms with van der Waals surface area (Å²) in [6, 6.07) is 12.5. The van der Waals surface area contributed by atoms with Crippen molar-refractivity contribution in [2.45, 2.75) is 12.8 Å². The maximum Gasteiger partial charge on any atom is 0.222 e. The van der Waals surface area contributed by atoms with Crippen LogP contribution in [0.4, 0.5) is 0 Å². The summed E-state index contributed by atoms with van der Waals surface area (Å²) in [6.07, 6.45) is 5.87. The van der Waals surface area contributed by atoms with Crippen LogP contribution in [0.15, 0.2) is 53.2 Å². The fraction of sp³-hybridized carbons (Fsp3) is 0.350. The van der Waals surface area contributed by atoms with Crippen LogP contribution in [0.1, 0.15) is 17.5 Å². The Morgan fingerprint density at radius 2 is 1.88 bits per heavy atom. The van der Waals surface area contributed by atoms with E-state index in [2.05, 4.69) is 58.1 Å². The summed E-state index contributed by atoms with van der Waals surface area (Å²) in [4.78, 5) is 16.7. The maximum atomic E-state index is 12.3. The fourth-order valence-corrected chi connectivity index (χ4v) is 3.63. The average Bonchev–Trinajstić information content (AvgIpc) is 3.15. The van der Waals surface area contributed by atoms with E-state index in [0.717, 1.165) is 39.1 Å². The quantitative estimate of drug-likeness (QED) is 0.803. The van der Waals surface area contributed by atoms with Crippen molar-refractivity contribution >= 4 is 23.3 Å². The Hall–Kier alpha value is -1.91. The van der Waals surface area contributed by atoms with E-state index in [1.165, 1.54) is 11.1 Å². The Kier molecular flexibility index (Phi) is 6.21. The molecule has 0 unspecified atom stereocenters. The number of hydrogen-bond donors (Lipinski definition) is 0. The second-order valence-corrected chi connectivity index (χ2v) is 6.91. The number of benzene rings is 1. The first-order chi connectivity index (χ1) is 11.8. The summed E-state index contributed by atoms with van der Waals surface area (Å²) in [5, 5.41) is 4.20. The monoisotopic (exact) mass is 340 g/mol. The molecule has 0 spiro atoms. The van der Waals surface area contributed by atoms with E-state index in [1.807, 2.05) is 11.0 Å². The van der Waals surface area contributed by atoms with Gasteiger partial charge in [0.15, 0.2) is 0 Å². The zero-order valence-corrected chi connectivity index (χ0v) is 14.8. The van der Waals surface area contributed by atoms with E-state index in [4.69, 9.17) is 0 Å². The maximum absolute atomic E-state index is 12.3. The molecule has 4 heteroatoms. The highest BCUT2D eigenvalue weighted by Crippen LogP contribution is 2.11. The number of amides is 1. The standard InChI is InChI=1S/C20H24N2OS/c23-20(9-8-19-10-16-24-17-19)22-14-12-21(13-15-22)11-4-7-18-5-2-1-3-6-18/h1-7,10,16-17H,8-9,11-15H2. The number of thiophene rings is 1. The molecular weight excluding hydrogens is 316 g/mol. The first kappa shape index (κ1) is 16.9. The summed E-state index contributed by atoms with van der Waals surface area (Å²) < 4.78 is 0. The van der Waals surface area contributed by atoms with Gasteiger partial charge in [-0.3, -0.25) is 9.69 Å². The Morgan fingerprint density at radius 3 is 2.58 bits per heavy atom. The minimum absolute atomic E-state index is 0.292. The largest absolute Gasteiger partial charge is 0.340 e. The van der Waals surface area contributed by atoms with E-state index in [9.17, 15) is 4.79 Å². The van der Waals surface area contributed by atoms with Crippen molar-refractivity contribution in [2.75, 3.05) is 32.7 Å². The lowest BCUT2D eigenvalue weighted by molar-refractivity contribution is -0.132. The van der Waals surface area contributed by atoms with Gasteiger partial charge in [0.2, 0.25) is 5.91 Å². The topological polar surface area (TPSA) is 23.6 Å². The number of nitrogens with zero attached hydrogens (tertiary/aromatic N) is 2. The first-order valence-electron chi connectivity index (χ1n) is 8.54. The van der Waals surface area contributed by atoms with Gasteiger partial charge in [0, 0.05) is 39.1 Å². The van der Waals surface area contributed by atoms with Crippen LogP contribution < -0.4 is 0 Å². The van der Waals surface area contributed by atoms with Crippen molar-refractivity contribution in [1.29, 1.82) is 0 Å². The third-order valence-electron chi connectivity index (χ3n) is 4.41. The Morgan fingerprint density at radius 1 is 1.08 bits per heavy atom. The lowest BCUT2D eigenvalue weighted by Crippen LogP contribution is -2.48. The molecular formula is C20H24N2OS. The molecule has 1 saturated heterocycles. The van der Waals surface area contributed by atoms with Crippen molar-refractivity contribution < 1.29 is 4.79 Å². The van der Waals surface area contributed by atoms with Crippen LogP contribution >= 0.6 is 11.3 Å².